The molecule has 2 aliphatic heterocycles. The van der Waals surface area contributed by atoms with Gasteiger partial charge in [0.15, 0.2) is 18.7 Å². The van der Waals surface area contributed by atoms with Crippen LogP contribution in [0.15, 0.2) is 36.5 Å². The number of aliphatic hydroxyl groups is 7. The Balaban J connectivity index is 1.81. The Bertz CT molecular complexity index is 1310. The first-order valence-corrected chi connectivity index (χ1v) is 26.1. The molecular formula is C52H92O15. The van der Waals surface area contributed by atoms with Crippen molar-refractivity contribution in [2.45, 2.75) is 255 Å². The van der Waals surface area contributed by atoms with Crippen LogP contribution in [0.5, 0.6) is 0 Å². The zero-order valence-corrected chi connectivity index (χ0v) is 41.1. The monoisotopic (exact) mass is 957 g/mol. The molecule has 15 heteroatoms. The van der Waals surface area contributed by atoms with Gasteiger partial charge in [0.1, 0.15) is 55.4 Å². The van der Waals surface area contributed by atoms with Crippen molar-refractivity contribution in [1.29, 1.82) is 0 Å². The average molecular weight is 957 g/mol. The summed E-state index contributed by atoms with van der Waals surface area (Å²) in [7, 11) is 0. The Hall–Kier alpha value is -2.28. The summed E-state index contributed by atoms with van der Waals surface area (Å²) in [6.45, 7) is 2.47. The van der Waals surface area contributed by atoms with Gasteiger partial charge in [0.05, 0.1) is 19.8 Å². The van der Waals surface area contributed by atoms with Crippen molar-refractivity contribution in [2.75, 3.05) is 26.4 Å². The lowest BCUT2D eigenvalue weighted by molar-refractivity contribution is -0.332. The quantitative estimate of drug-likeness (QED) is 0.0181. The highest BCUT2D eigenvalue weighted by molar-refractivity contribution is 5.70. The minimum absolute atomic E-state index is 0.164. The van der Waals surface area contributed by atoms with Gasteiger partial charge in [-0.25, -0.2) is 0 Å². The lowest BCUT2D eigenvalue weighted by Gasteiger charge is -2.42. The molecule has 0 aromatic carbocycles. The molecule has 0 radical (unpaired) electrons. The van der Waals surface area contributed by atoms with Gasteiger partial charge in [-0.2, -0.15) is 0 Å². The fourth-order valence-corrected chi connectivity index (χ4v) is 8.11. The van der Waals surface area contributed by atoms with Crippen molar-refractivity contribution in [2.24, 2.45) is 0 Å². The Morgan fingerprint density at radius 2 is 0.940 bits per heavy atom. The van der Waals surface area contributed by atoms with Crippen molar-refractivity contribution in [3.63, 3.8) is 0 Å². The molecule has 2 fully saturated rings. The Kier molecular flexibility index (Phi) is 35.8. The van der Waals surface area contributed by atoms with E-state index in [9.17, 15) is 45.3 Å². The molecule has 4 unspecified atom stereocenters. The molecule has 0 saturated carbocycles. The highest BCUT2D eigenvalue weighted by Crippen LogP contribution is 2.26. The van der Waals surface area contributed by atoms with Gasteiger partial charge in [0, 0.05) is 12.8 Å². The van der Waals surface area contributed by atoms with Crippen LogP contribution in [0.1, 0.15) is 187 Å². The summed E-state index contributed by atoms with van der Waals surface area (Å²) >= 11 is 0. The lowest BCUT2D eigenvalue weighted by Crippen LogP contribution is -2.61. The molecule has 67 heavy (non-hydrogen) atoms. The second-order valence-corrected chi connectivity index (χ2v) is 18.3. The molecule has 15 nitrogen and oxygen atoms in total. The summed E-state index contributed by atoms with van der Waals surface area (Å²) in [5.74, 6) is -0.939. The van der Waals surface area contributed by atoms with Crippen LogP contribution >= 0.6 is 0 Å². The number of hydrogen-bond acceptors (Lipinski definition) is 15. The summed E-state index contributed by atoms with van der Waals surface area (Å²) < 4.78 is 33.6. The first-order chi connectivity index (χ1) is 32.5. The number of aliphatic hydroxyl groups excluding tert-OH is 7. The second kappa shape index (κ2) is 39.4. The number of allylic oxidation sites excluding steroid dienone is 6. The topological polar surface area (TPSA) is 231 Å². The van der Waals surface area contributed by atoms with Gasteiger partial charge in [0.2, 0.25) is 0 Å². The van der Waals surface area contributed by atoms with Gasteiger partial charge >= 0.3 is 11.9 Å². The van der Waals surface area contributed by atoms with Crippen LogP contribution < -0.4 is 0 Å². The molecule has 2 rings (SSSR count). The van der Waals surface area contributed by atoms with Crippen LogP contribution in [-0.4, -0.2) is 142 Å². The molecule has 7 N–H and O–H groups in total. The third-order valence-electron chi connectivity index (χ3n) is 12.4. The van der Waals surface area contributed by atoms with Gasteiger partial charge in [0.25, 0.3) is 0 Å². The summed E-state index contributed by atoms with van der Waals surface area (Å²) in [5, 5.41) is 72.1. The molecule has 2 saturated heterocycles. The van der Waals surface area contributed by atoms with E-state index < -0.39 is 92.7 Å². The molecule has 0 bridgehead atoms. The standard InChI is InChI=1S/C52H92O15/c1-3-5-7-9-11-13-15-17-19-21-23-25-27-29-31-33-35-44(55)65-40(37-62-43(54)34-32-30-28-26-24-22-20-18-16-14-12-10-8-6-4-2)38-63-51-50(61)48(59)46(57)42(67-51)39-64-52-49(60)47(58)45(56)41(36-53)66-52/h6,8,12,14,18,20,40-42,45-53,56-61H,3-5,7,9-11,13,15-17,19,21-39H2,1-2H3/b8-6+,14-12+,20-18+/t40-,41-,42-,45+,46+,47?,48?,49?,50?,51-,52-/m1/s1. The fraction of sp³-hybridized carbons (Fsp3) is 0.846. The zero-order valence-electron chi connectivity index (χ0n) is 41.1. The highest BCUT2D eigenvalue weighted by atomic mass is 16.7. The zero-order chi connectivity index (χ0) is 48.9. The van der Waals surface area contributed by atoms with Crippen LogP contribution in [0.2, 0.25) is 0 Å². The predicted molar refractivity (Wildman–Crippen MR) is 257 cm³/mol. The molecule has 11 atom stereocenters. The maximum Gasteiger partial charge on any atom is 0.306 e. The van der Waals surface area contributed by atoms with Gasteiger partial charge < -0.3 is 64.2 Å². The summed E-state index contributed by atoms with van der Waals surface area (Å²) in [6.07, 6.45) is 24.5. The van der Waals surface area contributed by atoms with E-state index in [1.54, 1.807) is 0 Å². The molecule has 0 amide bonds. The van der Waals surface area contributed by atoms with Gasteiger partial charge in [-0.3, -0.25) is 9.59 Å². The Labute approximate surface area is 402 Å². The highest BCUT2D eigenvalue weighted by Gasteiger charge is 2.47. The third-order valence-corrected chi connectivity index (χ3v) is 12.4. The first-order valence-electron chi connectivity index (χ1n) is 26.1. The molecule has 2 heterocycles. The van der Waals surface area contributed by atoms with Crippen LogP contribution in [0.4, 0.5) is 0 Å². The molecule has 2 aliphatic rings. The number of esters is 2. The first kappa shape index (κ1) is 60.8. The normalized spacial score (nSPS) is 26.2. The van der Waals surface area contributed by atoms with E-state index >= 15 is 0 Å². The molecular weight excluding hydrogens is 865 g/mol. The van der Waals surface area contributed by atoms with E-state index in [2.05, 4.69) is 50.3 Å². The third kappa shape index (κ3) is 27.6. The number of ether oxygens (including phenoxy) is 6. The van der Waals surface area contributed by atoms with E-state index in [0.29, 0.717) is 12.8 Å². The smallest absolute Gasteiger partial charge is 0.306 e. The number of carbonyl (C=O) groups excluding carboxylic acids is 2. The Morgan fingerprint density at radius 3 is 1.48 bits per heavy atom. The molecule has 0 aliphatic carbocycles. The van der Waals surface area contributed by atoms with E-state index in [0.717, 1.165) is 70.6 Å². The largest absolute Gasteiger partial charge is 0.462 e. The van der Waals surface area contributed by atoms with E-state index in [1.807, 2.05) is 0 Å². The van der Waals surface area contributed by atoms with Gasteiger partial charge in [-0.15, -0.1) is 0 Å². The predicted octanol–water partition coefficient (Wildman–Crippen LogP) is 7.32. The van der Waals surface area contributed by atoms with Crippen molar-refractivity contribution in [3.05, 3.63) is 36.5 Å². The minimum atomic E-state index is -1.77. The molecule has 0 aromatic rings. The SMILES string of the molecule is CC/C=C/C/C=C/C/C=C/CCCCCCCC(=O)OC[C@H](CO[C@@H]1O[C@H](CO[C@@H]2O[C@H](CO)[C@H](O)C(O)C2O)[C@H](O)C(O)C1O)OC(=O)CCCCCCCCCCCCCCCCCC. The van der Waals surface area contributed by atoms with Crippen molar-refractivity contribution < 1.29 is 73.8 Å². The van der Waals surface area contributed by atoms with Crippen molar-refractivity contribution in [1.82, 2.24) is 0 Å². The number of rotatable bonds is 40. The number of unbranched alkanes of at least 4 members (excludes halogenated alkanes) is 20. The van der Waals surface area contributed by atoms with E-state index in [-0.39, 0.29) is 26.1 Å². The Morgan fingerprint density at radius 1 is 0.493 bits per heavy atom. The maximum absolute atomic E-state index is 13.0. The van der Waals surface area contributed by atoms with Crippen LogP contribution in [-0.2, 0) is 38.0 Å². The maximum atomic E-state index is 13.0. The minimum Gasteiger partial charge on any atom is -0.462 e. The number of carbonyl (C=O) groups is 2. The van der Waals surface area contributed by atoms with E-state index in [4.69, 9.17) is 28.4 Å². The van der Waals surface area contributed by atoms with Crippen molar-refractivity contribution >= 4 is 11.9 Å². The lowest BCUT2D eigenvalue weighted by atomic mass is 9.98. The summed E-state index contributed by atoms with van der Waals surface area (Å²) in [5.41, 5.74) is 0. The van der Waals surface area contributed by atoms with E-state index in [1.165, 1.54) is 77.0 Å². The van der Waals surface area contributed by atoms with Crippen LogP contribution in [0.25, 0.3) is 0 Å². The summed E-state index contributed by atoms with van der Waals surface area (Å²) in [4.78, 5) is 25.8. The van der Waals surface area contributed by atoms with Crippen molar-refractivity contribution in [3.8, 4) is 0 Å². The van der Waals surface area contributed by atoms with Gasteiger partial charge in [-0.1, -0.05) is 166 Å². The van der Waals surface area contributed by atoms with Crippen LogP contribution in [0.3, 0.4) is 0 Å². The van der Waals surface area contributed by atoms with Crippen LogP contribution in [0, 0.1) is 0 Å². The van der Waals surface area contributed by atoms with Gasteiger partial charge in [-0.05, 0) is 44.9 Å². The second-order valence-electron chi connectivity index (χ2n) is 18.3. The summed E-state index contributed by atoms with van der Waals surface area (Å²) in [6, 6.07) is 0. The fourth-order valence-electron chi connectivity index (χ4n) is 8.11. The molecule has 0 aromatic heterocycles. The molecule has 0 spiro atoms. The number of hydrogen-bond donors (Lipinski definition) is 7. The molecule has 390 valence electrons. The average Bonchev–Trinajstić information content (AvgIpc) is 3.32.